The van der Waals surface area contributed by atoms with E-state index in [2.05, 4.69) is 42.9 Å². The van der Waals surface area contributed by atoms with Gasteiger partial charge in [-0.25, -0.2) is 9.97 Å². The summed E-state index contributed by atoms with van der Waals surface area (Å²) in [7, 11) is 0. The number of rotatable bonds is 3. The van der Waals surface area contributed by atoms with Crippen LogP contribution in [0.25, 0.3) is 0 Å². The minimum absolute atomic E-state index is 0.147. The maximum Gasteiger partial charge on any atom is 0.145 e. The molecule has 0 amide bonds. The lowest BCUT2D eigenvalue weighted by Crippen LogP contribution is -2.17. The van der Waals surface area contributed by atoms with Crippen molar-refractivity contribution in [2.24, 2.45) is 5.73 Å². The molecule has 2 aromatic rings. The molecule has 1 atom stereocenters. The Morgan fingerprint density at radius 1 is 1.06 bits per heavy atom. The molecule has 1 unspecified atom stereocenters. The van der Waals surface area contributed by atoms with Gasteiger partial charge in [0.2, 0.25) is 0 Å². The quantitative estimate of drug-likeness (QED) is 0.898. The molecule has 0 radical (unpaired) electrons. The van der Waals surface area contributed by atoms with Crippen molar-refractivity contribution in [3.63, 3.8) is 0 Å². The van der Waals surface area contributed by atoms with Crippen molar-refractivity contribution in [3.05, 3.63) is 58.7 Å². The zero-order chi connectivity index (χ0) is 13.1. The van der Waals surface area contributed by atoms with E-state index in [1.807, 2.05) is 0 Å². The van der Waals surface area contributed by atoms with Gasteiger partial charge >= 0.3 is 0 Å². The molecule has 0 aliphatic carbocycles. The number of aryl methyl sites for hydroxylation is 3. The lowest BCUT2D eigenvalue weighted by Gasteiger charge is -2.15. The molecule has 3 nitrogen and oxygen atoms in total. The molecule has 0 saturated carbocycles. The number of hydrogen-bond acceptors (Lipinski definition) is 3. The fourth-order valence-corrected chi connectivity index (χ4v) is 2.35. The summed E-state index contributed by atoms with van der Waals surface area (Å²) < 4.78 is 0. The highest BCUT2D eigenvalue weighted by Gasteiger charge is 2.13. The van der Waals surface area contributed by atoms with Gasteiger partial charge < -0.3 is 5.73 Å². The van der Waals surface area contributed by atoms with Gasteiger partial charge in [-0.3, -0.25) is 0 Å². The second-order valence-electron chi connectivity index (χ2n) is 4.79. The van der Waals surface area contributed by atoms with Gasteiger partial charge in [0.25, 0.3) is 0 Å². The first kappa shape index (κ1) is 12.7. The van der Waals surface area contributed by atoms with Crippen LogP contribution in [0.4, 0.5) is 0 Å². The summed E-state index contributed by atoms with van der Waals surface area (Å²) in [4.78, 5) is 8.43. The van der Waals surface area contributed by atoms with Gasteiger partial charge in [-0.2, -0.15) is 0 Å². The normalized spacial score (nSPS) is 12.4. The van der Waals surface area contributed by atoms with Gasteiger partial charge in [0.15, 0.2) is 0 Å². The topological polar surface area (TPSA) is 51.8 Å². The third-order valence-electron chi connectivity index (χ3n) is 3.18. The monoisotopic (exact) mass is 241 g/mol. The zero-order valence-corrected chi connectivity index (χ0v) is 11.1. The first-order valence-electron chi connectivity index (χ1n) is 6.17. The Balaban J connectivity index is 2.25. The van der Waals surface area contributed by atoms with Crippen molar-refractivity contribution in [1.82, 2.24) is 9.97 Å². The Morgan fingerprint density at radius 3 is 2.17 bits per heavy atom. The molecule has 1 aromatic carbocycles. The van der Waals surface area contributed by atoms with E-state index in [0.29, 0.717) is 5.82 Å². The Hall–Kier alpha value is -1.74. The Labute approximate surface area is 108 Å². The maximum absolute atomic E-state index is 6.18. The minimum atomic E-state index is -0.147. The van der Waals surface area contributed by atoms with Crippen LogP contribution >= 0.6 is 0 Å². The molecule has 0 bridgehead atoms. The average molecular weight is 241 g/mol. The number of hydrogen-bond donors (Lipinski definition) is 1. The van der Waals surface area contributed by atoms with Crippen LogP contribution in [0.2, 0.25) is 0 Å². The van der Waals surface area contributed by atoms with E-state index in [0.717, 1.165) is 6.42 Å². The fraction of sp³-hybridized carbons (Fsp3) is 0.333. The first-order chi connectivity index (χ1) is 8.58. The van der Waals surface area contributed by atoms with Gasteiger partial charge in [-0.15, -0.1) is 0 Å². The highest BCUT2D eigenvalue weighted by molar-refractivity contribution is 5.38. The molecule has 0 aliphatic heterocycles. The SMILES string of the molecule is Cc1cc(C)c(CC(N)c2ncccn2)c(C)c1. The summed E-state index contributed by atoms with van der Waals surface area (Å²) in [6, 6.07) is 6.05. The lowest BCUT2D eigenvalue weighted by molar-refractivity contribution is 0.662. The second kappa shape index (κ2) is 5.27. The largest absolute Gasteiger partial charge is 0.321 e. The average Bonchev–Trinajstić information content (AvgIpc) is 2.34. The van der Waals surface area contributed by atoms with Crippen LogP contribution in [-0.4, -0.2) is 9.97 Å². The smallest absolute Gasteiger partial charge is 0.145 e. The third kappa shape index (κ3) is 2.74. The van der Waals surface area contributed by atoms with Crippen LogP contribution < -0.4 is 5.73 Å². The van der Waals surface area contributed by atoms with E-state index in [9.17, 15) is 0 Å². The van der Waals surface area contributed by atoms with Crippen molar-refractivity contribution in [1.29, 1.82) is 0 Å². The summed E-state index contributed by atoms with van der Waals surface area (Å²) in [5, 5.41) is 0. The standard InChI is InChI=1S/C15H19N3/c1-10-7-11(2)13(12(3)8-10)9-14(16)15-17-5-4-6-18-15/h4-8,14H,9,16H2,1-3H3. The number of nitrogens with two attached hydrogens (primary N) is 1. The first-order valence-corrected chi connectivity index (χ1v) is 6.17. The maximum atomic E-state index is 6.18. The van der Waals surface area contributed by atoms with Crippen LogP contribution in [-0.2, 0) is 6.42 Å². The van der Waals surface area contributed by atoms with Crippen molar-refractivity contribution in [2.45, 2.75) is 33.2 Å². The highest BCUT2D eigenvalue weighted by Crippen LogP contribution is 2.21. The van der Waals surface area contributed by atoms with E-state index in [1.165, 1.54) is 22.3 Å². The minimum Gasteiger partial charge on any atom is -0.321 e. The number of nitrogens with zero attached hydrogens (tertiary/aromatic N) is 2. The van der Waals surface area contributed by atoms with Crippen LogP contribution in [0.1, 0.15) is 34.1 Å². The summed E-state index contributed by atoms with van der Waals surface area (Å²) in [5.41, 5.74) is 11.4. The molecule has 18 heavy (non-hydrogen) atoms. The van der Waals surface area contributed by atoms with E-state index in [-0.39, 0.29) is 6.04 Å². The molecule has 0 fully saturated rings. The van der Waals surface area contributed by atoms with Gasteiger partial charge in [-0.05, 0) is 49.9 Å². The molecular formula is C15H19N3. The molecule has 1 aromatic heterocycles. The molecule has 0 spiro atoms. The summed E-state index contributed by atoms with van der Waals surface area (Å²) in [6.45, 7) is 6.38. The zero-order valence-electron chi connectivity index (χ0n) is 11.1. The Kier molecular flexibility index (Phi) is 3.72. The van der Waals surface area contributed by atoms with Crippen LogP contribution in [0.15, 0.2) is 30.6 Å². The van der Waals surface area contributed by atoms with E-state index >= 15 is 0 Å². The predicted octanol–water partition coefficient (Wildman–Crippen LogP) is 2.64. The molecule has 1 heterocycles. The van der Waals surface area contributed by atoms with Crippen molar-refractivity contribution >= 4 is 0 Å². The van der Waals surface area contributed by atoms with Crippen molar-refractivity contribution in [2.75, 3.05) is 0 Å². The molecule has 0 aliphatic rings. The third-order valence-corrected chi connectivity index (χ3v) is 3.18. The molecule has 2 N–H and O–H groups in total. The molecule has 0 saturated heterocycles. The van der Waals surface area contributed by atoms with E-state index in [4.69, 9.17) is 5.73 Å². The fourth-order valence-electron chi connectivity index (χ4n) is 2.35. The lowest BCUT2D eigenvalue weighted by atomic mass is 9.94. The Bertz CT molecular complexity index is 512. The summed E-state index contributed by atoms with van der Waals surface area (Å²) in [6.07, 6.45) is 4.25. The number of aromatic nitrogens is 2. The van der Waals surface area contributed by atoms with Crippen LogP contribution in [0.5, 0.6) is 0 Å². The van der Waals surface area contributed by atoms with Crippen LogP contribution in [0.3, 0.4) is 0 Å². The molecule has 3 heteroatoms. The van der Waals surface area contributed by atoms with Gasteiger partial charge in [-0.1, -0.05) is 17.7 Å². The molecule has 94 valence electrons. The summed E-state index contributed by atoms with van der Waals surface area (Å²) in [5.74, 6) is 0.705. The predicted molar refractivity (Wildman–Crippen MR) is 73.3 cm³/mol. The van der Waals surface area contributed by atoms with Crippen LogP contribution in [0, 0.1) is 20.8 Å². The summed E-state index contributed by atoms with van der Waals surface area (Å²) >= 11 is 0. The van der Waals surface area contributed by atoms with E-state index in [1.54, 1.807) is 18.5 Å². The van der Waals surface area contributed by atoms with Gasteiger partial charge in [0.05, 0.1) is 6.04 Å². The van der Waals surface area contributed by atoms with Gasteiger partial charge in [0, 0.05) is 12.4 Å². The molecule has 2 rings (SSSR count). The van der Waals surface area contributed by atoms with Crippen molar-refractivity contribution in [3.8, 4) is 0 Å². The van der Waals surface area contributed by atoms with Crippen molar-refractivity contribution < 1.29 is 0 Å². The Morgan fingerprint density at radius 2 is 1.61 bits per heavy atom. The second-order valence-corrected chi connectivity index (χ2v) is 4.79. The molecular weight excluding hydrogens is 222 g/mol. The highest BCUT2D eigenvalue weighted by atomic mass is 14.9. The number of benzene rings is 1. The van der Waals surface area contributed by atoms with Gasteiger partial charge in [0.1, 0.15) is 5.82 Å². The van der Waals surface area contributed by atoms with E-state index < -0.39 is 0 Å².